The average molecular weight is 564 g/mol. The van der Waals surface area contributed by atoms with Gasteiger partial charge in [0.2, 0.25) is 10.0 Å². The van der Waals surface area contributed by atoms with Crippen molar-refractivity contribution in [2.45, 2.75) is 74.4 Å². The van der Waals surface area contributed by atoms with Gasteiger partial charge in [-0.2, -0.15) is 4.31 Å². The largest absolute Gasteiger partial charge is 0.448 e. The molecule has 2 aliphatic heterocycles. The molecule has 0 radical (unpaired) electrons. The maximum atomic E-state index is 13.9. The first-order valence-electron chi connectivity index (χ1n) is 13.8. The number of amides is 1. The van der Waals surface area contributed by atoms with Crippen LogP contribution in [0, 0.1) is 0 Å². The summed E-state index contributed by atoms with van der Waals surface area (Å²) in [5.41, 5.74) is 0. The van der Waals surface area contributed by atoms with Crippen LogP contribution in [0.25, 0.3) is 0 Å². The molecule has 11 heteroatoms. The van der Waals surface area contributed by atoms with E-state index < -0.39 is 22.1 Å². The Hall–Kier alpha value is -2.14. The molecule has 38 heavy (non-hydrogen) atoms. The lowest BCUT2D eigenvalue weighted by Gasteiger charge is -2.41. The zero-order chi connectivity index (χ0) is 26.7. The molecular formula is C27H38ClN5O4S. The predicted octanol–water partition coefficient (Wildman–Crippen LogP) is 4.44. The van der Waals surface area contributed by atoms with Crippen molar-refractivity contribution >= 4 is 27.7 Å². The molecule has 2 saturated heterocycles. The average Bonchev–Trinajstić information content (AvgIpc) is 3.38. The maximum Gasteiger partial charge on any atom is 0.409 e. The Balaban J connectivity index is 1.28. The van der Waals surface area contributed by atoms with Crippen molar-refractivity contribution in [1.82, 2.24) is 23.7 Å². The second-order valence-electron chi connectivity index (χ2n) is 10.7. The summed E-state index contributed by atoms with van der Waals surface area (Å²) in [6.07, 6.45) is 11.6. The molecule has 0 spiro atoms. The Morgan fingerprint density at radius 1 is 1.00 bits per heavy atom. The number of carbonyl (C=O) groups is 1. The van der Waals surface area contributed by atoms with Gasteiger partial charge in [0.05, 0.1) is 17.0 Å². The number of halogens is 1. The van der Waals surface area contributed by atoms with Crippen LogP contribution in [0.15, 0.2) is 41.6 Å². The number of aromatic nitrogens is 2. The highest BCUT2D eigenvalue weighted by atomic mass is 35.5. The number of piperidine rings is 1. The van der Waals surface area contributed by atoms with Crippen molar-refractivity contribution in [2.24, 2.45) is 7.05 Å². The van der Waals surface area contributed by atoms with Crippen molar-refractivity contribution in [3.63, 3.8) is 0 Å². The van der Waals surface area contributed by atoms with Crippen LogP contribution in [-0.2, 0) is 21.8 Å². The fraction of sp³-hybridized carbons (Fsp3) is 0.630. The van der Waals surface area contributed by atoms with E-state index in [1.54, 1.807) is 23.2 Å². The van der Waals surface area contributed by atoms with Gasteiger partial charge in [-0.25, -0.2) is 18.2 Å². The Bertz CT molecular complexity index is 1190. The summed E-state index contributed by atoms with van der Waals surface area (Å²) in [5, 5.41) is 0.470. The summed E-state index contributed by atoms with van der Waals surface area (Å²) in [7, 11) is -2.04. The molecule has 2 unspecified atom stereocenters. The number of ether oxygens (including phenoxy) is 1. The molecule has 1 aliphatic carbocycles. The van der Waals surface area contributed by atoms with Crippen LogP contribution in [0.3, 0.4) is 0 Å². The smallest absolute Gasteiger partial charge is 0.409 e. The van der Waals surface area contributed by atoms with Crippen LogP contribution in [0.1, 0.15) is 63.2 Å². The van der Waals surface area contributed by atoms with Crippen molar-refractivity contribution < 1.29 is 17.9 Å². The third kappa shape index (κ3) is 5.88. The van der Waals surface area contributed by atoms with Gasteiger partial charge in [0.1, 0.15) is 12.4 Å². The predicted molar refractivity (Wildman–Crippen MR) is 145 cm³/mol. The third-order valence-electron chi connectivity index (χ3n) is 8.29. The molecular weight excluding hydrogens is 526 g/mol. The van der Waals surface area contributed by atoms with Gasteiger partial charge in [-0.3, -0.25) is 4.90 Å². The zero-order valence-corrected chi connectivity index (χ0v) is 23.6. The monoisotopic (exact) mass is 563 g/mol. The Kier molecular flexibility index (Phi) is 8.62. The SMILES string of the molecule is Cn1ccnc1C1CCCC(COC(=O)N2CCN(C3CCCCC3)CC2)N1S(=O)(=O)c1ccc(Cl)cc1. The molecule has 208 valence electrons. The highest BCUT2D eigenvalue weighted by Gasteiger charge is 2.43. The van der Waals surface area contributed by atoms with E-state index in [0.717, 1.165) is 19.5 Å². The number of carbonyl (C=O) groups excluding carboxylic acids is 1. The lowest BCUT2D eigenvalue weighted by Crippen LogP contribution is -2.53. The normalized spacial score (nSPS) is 24.4. The third-order valence-corrected chi connectivity index (χ3v) is 10.5. The molecule has 0 bridgehead atoms. The van der Waals surface area contributed by atoms with Crippen LogP contribution in [0.4, 0.5) is 4.79 Å². The Labute approximate surface area is 230 Å². The van der Waals surface area contributed by atoms with Crippen LogP contribution < -0.4 is 0 Å². The number of nitrogens with zero attached hydrogens (tertiary/aromatic N) is 5. The van der Waals surface area contributed by atoms with Crippen LogP contribution in [0.5, 0.6) is 0 Å². The molecule has 1 amide bonds. The highest BCUT2D eigenvalue weighted by Crippen LogP contribution is 2.38. The molecule has 1 saturated carbocycles. The summed E-state index contributed by atoms with van der Waals surface area (Å²) in [4.78, 5) is 22.0. The van der Waals surface area contributed by atoms with Gasteiger partial charge in [-0.1, -0.05) is 30.9 Å². The summed E-state index contributed by atoms with van der Waals surface area (Å²) < 4.78 is 37.1. The lowest BCUT2D eigenvalue weighted by molar-refractivity contribution is 0.0374. The van der Waals surface area contributed by atoms with Gasteiger partial charge < -0.3 is 14.2 Å². The topological polar surface area (TPSA) is 88.0 Å². The number of piperazine rings is 1. The summed E-state index contributed by atoms with van der Waals surface area (Å²) in [5.74, 6) is 0.678. The number of benzene rings is 1. The summed E-state index contributed by atoms with van der Waals surface area (Å²) in [6.45, 7) is 3.02. The fourth-order valence-electron chi connectivity index (χ4n) is 6.22. The van der Waals surface area contributed by atoms with Gasteiger partial charge in [0.25, 0.3) is 0 Å². The minimum absolute atomic E-state index is 0.00934. The number of hydrogen-bond acceptors (Lipinski definition) is 6. The second kappa shape index (κ2) is 11.9. The van der Waals surface area contributed by atoms with E-state index in [-0.39, 0.29) is 17.6 Å². The van der Waals surface area contributed by atoms with E-state index in [0.29, 0.717) is 42.8 Å². The van der Waals surface area contributed by atoms with Crippen LogP contribution in [0.2, 0.25) is 5.02 Å². The zero-order valence-electron chi connectivity index (χ0n) is 22.0. The lowest BCUT2D eigenvalue weighted by atomic mass is 9.94. The van der Waals surface area contributed by atoms with Crippen molar-refractivity contribution in [3.05, 3.63) is 47.5 Å². The first-order valence-corrected chi connectivity index (χ1v) is 15.6. The molecule has 1 aromatic heterocycles. The molecule has 5 rings (SSSR count). The number of sulfonamides is 1. The van der Waals surface area contributed by atoms with E-state index in [2.05, 4.69) is 9.88 Å². The van der Waals surface area contributed by atoms with E-state index in [4.69, 9.17) is 16.3 Å². The molecule has 2 atom stereocenters. The van der Waals surface area contributed by atoms with Gasteiger partial charge in [0.15, 0.2) is 0 Å². The Morgan fingerprint density at radius 3 is 2.37 bits per heavy atom. The quantitative estimate of drug-likeness (QED) is 0.516. The first kappa shape index (κ1) is 27.4. The minimum Gasteiger partial charge on any atom is -0.448 e. The van der Waals surface area contributed by atoms with Crippen molar-refractivity contribution in [1.29, 1.82) is 0 Å². The standard InChI is InChI=1S/C27H38ClN5O4S/c1-30-15-14-29-26(30)25-9-5-8-23(33(25)38(35,36)24-12-10-21(28)11-13-24)20-37-27(34)32-18-16-31(17-19-32)22-6-3-2-4-7-22/h10-15,22-23,25H,2-9,16-20H2,1H3. The van der Waals surface area contributed by atoms with Crippen molar-refractivity contribution in [2.75, 3.05) is 32.8 Å². The second-order valence-corrected chi connectivity index (χ2v) is 13.0. The Morgan fingerprint density at radius 2 is 1.71 bits per heavy atom. The van der Waals surface area contributed by atoms with Crippen LogP contribution in [-0.4, -0.2) is 83.0 Å². The number of rotatable bonds is 6. The molecule has 3 heterocycles. The molecule has 9 nitrogen and oxygen atoms in total. The minimum atomic E-state index is -3.90. The fourth-order valence-corrected chi connectivity index (χ4v) is 8.16. The maximum absolute atomic E-state index is 13.9. The number of hydrogen-bond donors (Lipinski definition) is 0. The highest BCUT2D eigenvalue weighted by molar-refractivity contribution is 7.89. The van der Waals surface area contributed by atoms with E-state index in [1.807, 2.05) is 17.8 Å². The van der Waals surface area contributed by atoms with Gasteiger partial charge in [-0.15, -0.1) is 0 Å². The number of imidazole rings is 1. The molecule has 0 N–H and O–H groups in total. The van der Waals surface area contributed by atoms with E-state index in [1.165, 1.54) is 48.5 Å². The first-order chi connectivity index (χ1) is 18.3. The molecule has 2 aromatic rings. The molecule has 3 fully saturated rings. The summed E-state index contributed by atoms with van der Waals surface area (Å²) in [6, 6.07) is 5.91. The van der Waals surface area contributed by atoms with Crippen LogP contribution >= 0.6 is 11.6 Å². The van der Waals surface area contributed by atoms with E-state index >= 15 is 0 Å². The van der Waals surface area contributed by atoms with Crippen molar-refractivity contribution in [3.8, 4) is 0 Å². The van der Waals surface area contributed by atoms with E-state index in [9.17, 15) is 13.2 Å². The van der Waals surface area contributed by atoms with Gasteiger partial charge in [0, 0.05) is 56.7 Å². The number of aryl methyl sites for hydroxylation is 1. The van der Waals surface area contributed by atoms with Gasteiger partial charge in [-0.05, 0) is 56.4 Å². The molecule has 1 aromatic carbocycles. The summed E-state index contributed by atoms with van der Waals surface area (Å²) >= 11 is 6.03. The van der Waals surface area contributed by atoms with Gasteiger partial charge >= 0.3 is 6.09 Å². The molecule has 3 aliphatic rings.